The summed E-state index contributed by atoms with van der Waals surface area (Å²) in [6, 6.07) is 65.1. The lowest BCUT2D eigenvalue weighted by molar-refractivity contribution is 1.19. The first-order chi connectivity index (χ1) is 25.2. The molecule has 2 nitrogen and oxygen atoms in total. The number of rotatable bonds is 5. The molecule has 0 aliphatic heterocycles. The van der Waals surface area contributed by atoms with E-state index in [1.807, 2.05) is 11.3 Å². The second-order valence-corrected chi connectivity index (χ2v) is 14.1. The molecule has 2 heterocycles. The van der Waals surface area contributed by atoms with Gasteiger partial charge in [-0.1, -0.05) is 140 Å². The fourth-order valence-electron chi connectivity index (χ4n) is 7.28. The maximum absolute atomic E-state index is 5.33. The second-order valence-electron chi connectivity index (χ2n) is 13.0. The van der Waals surface area contributed by atoms with E-state index < -0.39 is 0 Å². The van der Waals surface area contributed by atoms with Gasteiger partial charge in [0.2, 0.25) is 0 Å². The van der Waals surface area contributed by atoms with Crippen molar-refractivity contribution in [2.24, 2.45) is 0 Å². The lowest BCUT2D eigenvalue weighted by Gasteiger charge is -2.13. The Morgan fingerprint density at radius 2 is 0.941 bits per heavy atom. The number of benzene rings is 8. The molecule has 0 amide bonds. The molecule has 0 fully saturated rings. The molecule has 0 atom stereocenters. The van der Waals surface area contributed by atoms with Crippen LogP contribution < -0.4 is 0 Å². The molecule has 0 aliphatic carbocycles. The monoisotopic (exact) mass is 666 g/mol. The largest absolute Gasteiger partial charge is 0.228 e. The fourth-order valence-corrected chi connectivity index (χ4v) is 8.45. The lowest BCUT2D eigenvalue weighted by Crippen LogP contribution is -1.96. The van der Waals surface area contributed by atoms with Gasteiger partial charge in [0, 0.05) is 36.9 Å². The maximum atomic E-state index is 5.33. The van der Waals surface area contributed by atoms with Crippen LogP contribution >= 0.6 is 11.3 Å². The first kappa shape index (κ1) is 29.5. The van der Waals surface area contributed by atoms with Gasteiger partial charge < -0.3 is 0 Å². The number of hydrogen-bond donors (Lipinski definition) is 0. The quantitative estimate of drug-likeness (QED) is 0.183. The van der Waals surface area contributed by atoms with Crippen LogP contribution in [-0.2, 0) is 0 Å². The normalized spacial score (nSPS) is 11.5. The molecular formula is C48H30N2S. The standard InChI is InChI=1S/C48H30N2S/c1-2-11-31(12-3-1)36-17-10-18-38(26-36)43-30-44(50-48(49-43)39-24-22-33-14-5-7-16-35(33)27-39)40-28-42(37-23-21-32-13-4-6-15-34(32)25-37)47-41-19-8-9-20-45(41)51-46(47)29-40/h1-30H. The van der Waals surface area contributed by atoms with Gasteiger partial charge in [-0.25, -0.2) is 9.97 Å². The van der Waals surface area contributed by atoms with Crippen molar-refractivity contribution in [1.82, 2.24) is 9.97 Å². The van der Waals surface area contributed by atoms with Crippen LogP contribution in [0.4, 0.5) is 0 Å². The van der Waals surface area contributed by atoms with E-state index in [-0.39, 0.29) is 0 Å². The second kappa shape index (κ2) is 12.2. The number of fused-ring (bicyclic) bond motifs is 5. The van der Waals surface area contributed by atoms with Crippen LogP contribution in [0.1, 0.15) is 0 Å². The molecule has 51 heavy (non-hydrogen) atoms. The summed E-state index contributed by atoms with van der Waals surface area (Å²) in [6.07, 6.45) is 0. The van der Waals surface area contributed by atoms with Crippen LogP contribution in [0, 0.1) is 0 Å². The first-order valence-electron chi connectivity index (χ1n) is 17.2. The average molecular weight is 667 g/mol. The highest BCUT2D eigenvalue weighted by Gasteiger charge is 2.17. The van der Waals surface area contributed by atoms with Crippen LogP contribution in [0.15, 0.2) is 182 Å². The molecule has 0 aliphatic rings. The molecule has 10 aromatic rings. The van der Waals surface area contributed by atoms with Gasteiger partial charge in [0.25, 0.3) is 0 Å². The molecule has 10 rings (SSSR count). The number of thiophene rings is 1. The van der Waals surface area contributed by atoms with Crippen LogP contribution in [-0.4, -0.2) is 9.97 Å². The van der Waals surface area contributed by atoms with Crippen molar-refractivity contribution in [3.05, 3.63) is 182 Å². The van der Waals surface area contributed by atoms with Gasteiger partial charge in [0.15, 0.2) is 5.82 Å². The number of nitrogens with zero attached hydrogens (tertiary/aromatic N) is 2. The predicted molar refractivity (Wildman–Crippen MR) is 217 cm³/mol. The van der Waals surface area contributed by atoms with Crippen molar-refractivity contribution in [2.45, 2.75) is 0 Å². The van der Waals surface area contributed by atoms with Gasteiger partial charge >= 0.3 is 0 Å². The highest BCUT2D eigenvalue weighted by Crippen LogP contribution is 2.43. The summed E-state index contributed by atoms with van der Waals surface area (Å²) >= 11 is 1.84. The molecule has 0 saturated heterocycles. The Bertz CT molecular complexity index is 2920. The highest BCUT2D eigenvalue weighted by molar-refractivity contribution is 7.26. The van der Waals surface area contributed by atoms with Crippen molar-refractivity contribution in [2.75, 3.05) is 0 Å². The average Bonchev–Trinajstić information content (AvgIpc) is 3.59. The zero-order valence-corrected chi connectivity index (χ0v) is 28.4. The summed E-state index contributed by atoms with van der Waals surface area (Å²) in [6.45, 7) is 0. The van der Waals surface area contributed by atoms with E-state index in [0.29, 0.717) is 5.82 Å². The highest BCUT2D eigenvalue weighted by atomic mass is 32.1. The smallest absolute Gasteiger partial charge is 0.160 e. The Hall–Kier alpha value is -6.42. The Balaban J connectivity index is 1.22. The van der Waals surface area contributed by atoms with Crippen LogP contribution in [0.5, 0.6) is 0 Å². The van der Waals surface area contributed by atoms with Crippen molar-refractivity contribution in [1.29, 1.82) is 0 Å². The molecule has 238 valence electrons. The third-order valence-corrected chi connectivity index (χ3v) is 11.0. The molecule has 0 spiro atoms. The van der Waals surface area contributed by atoms with Gasteiger partial charge in [-0.15, -0.1) is 11.3 Å². The molecule has 3 heteroatoms. The molecule has 0 bridgehead atoms. The molecule has 8 aromatic carbocycles. The minimum atomic E-state index is 0.710. The van der Waals surface area contributed by atoms with Gasteiger partial charge in [0.05, 0.1) is 11.4 Å². The van der Waals surface area contributed by atoms with Crippen LogP contribution in [0.25, 0.3) is 97.9 Å². The summed E-state index contributed by atoms with van der Waals surface area (Å²) in [5.74, 6) is 0.710. The molecule has 0 radical (unpaired) electrons. The van der Waals surface area contributed by atoms with Crippen LogP contribution in [0.2, 0.25) is 0 Å². The minimum Gasteiger partial charge on any atom is -0.228 e. The van der Waals surface area contributed by atoms with E-state index in [1.165, 1.54) is 58.4 Å². The number of aromatic nitrogens is 2. The van der Waals surface area contributed by atoms with E-state index in [0.717, 1.165) is 33.6 Å². The predicted octanol–water partition coefficient (Wildman–Crippen LogP) is 13.5. The Labute approximate surface area is 300 Å². The first-order valence-corrected chi connectivity index (χ1v) is 18.0. The van der Waals surface area contributed by atoms with E-state index in [1.54, 1.807) is 0 Å². The summed E-state index contributed by atoms with van der Waals surface area (Å²) in [5.41, 5.74) is 9.66. The summed E-state index contributed by atoms with van der Waals surface area (Å²) in [5, 5.41) is 7.40. The van der Waals surface area contributed by atoms with Gasteiger partial charge in [-0.2, -0.15) is 0 Å². The molecule has 0 N–H and O–H groups in total. The van der Waals surface area contributed by atoms with Crippen molar-refractivity contribution >= 4 is 53.1 Å². The van der Waals surface area contributed by atoms with Crippen molar-refractivity contribution in [3.63, 3.8) is 0 Å². The zero-order chi connectivity index (χ0) is 33.7. The van der Waals surface area contributed by atoms with E-state index in [2.05, 4.69) is 182 Å². The Morgan fingerprint density at radius 3 is 1.73 bits per heavy atom. The summed E-state index contributed by atoms with van der Waals surface area (Å²) in [7, 11) is 0. The van der Waals surface area contributed by atoms with E-state index in [4.69, 9.17) is 9.97 Å². The van der Waals surface area contributed by atoms with Gasteiger partial charge in [-0.3, -0.25) is 0 Å². The van der Waals surface area contributed by atoms with E-state index in [9.17, 15) is 0 Å². The topological polar surface area (TPSA) is 25.8 Å². The fraction of sp³-hybridized carbons (Fsp3) is 0. The van der Waals surface area contributed by atoms with Crippen molar-refractivity contribution < 1.29 is 0 Å². The zero-order valence-electron chi connectivity index (χ0n) is 27.6. The maximum Gasteiger partial charge on any atom is 0.160 e. The Kier molecular flexibility index (Phi) is 7.04. The van der Waals surface area contributed by atoms with Gasteiger partial charge in [0.1, 0.15) is 0 Å². The molecule has 0 saturated carbocycles. The molecule has 2 aromatic heterocycles. The van der Waals surface area contributed by atoms with E-state index >= 15 is 0 Å². The van der Waals surface area contributed by atoms with Gasteiger partial charge in [-0.05, 0) is 86.3 Å². The minimum absolute atomic E-state index is 0.710. The Morgan fingerprint density at radius 1 is 0.333 bits per heavy atom. The van der Waals surface area contributed by atoms with Crippen LogP contribution in [0.3, 0.4) is 0 Å². The summed E-state index contributed by atoms with van der Waals surface area (Å²) < 4.78 is 2.53. The lowest BCUT2D eigenvalue weighted by atomic mass is 9.94. The molecule has 0 unspecified atom stereocenters. The number of hydrogen-bond acceptors (Lipinski definition) is 3. The summed E-state index contributed by atoms with van der Waals surface area (Å²) in [4.78, 5) is 10.6. The molecular weight excluding hydrogens is 637 g/mol. The third kappa shape index (κ3) is 5.36. The van der Waals surface area contributed by atoms with Crippen molar-refractivity contribution in [3.8, 4) is 56.2 Å². The third-order valence-electron chi connectivity index (χ3n) is 9.83. The SMILES string of the molecule is c1ccc(-c2cccc(-c3cc(-c4cc(-c5ccc6ccccc6c5)c5c(c4)sc4ccccc45)nc(-c4ccc5ccccc5c4)n3)c2)cc1.